The highest BCUT2D eigenvalue weighted by atomic mass is 19.3. The highest BCUT2D eigenvalue weighted by Gasteiger charge is 2.34. The van der Waals surface area contributed by atoms with Gasteiger partial charge in [-0.05, 0) is 41.0 Å². The van der Waals surface area contributed by atoms with Gasteiger partial charge in [-0.2, -0.15) is 0 Å². The van der Waals surface area contributed by atoms with E-state index in [2.05, 4.69) is 10.6 Å². The summed E-state index contributed by atoms with van der Waals surface area (Å²) in [6.07, 6.45) is -2.81. The Morgan fingerprint density at radius 1 is 1.00 bits per heavy atom. The number of nitrogens with one attached hydrogen (secondary N) is 2. The van der Waals surface area contributed by atoms with Gasteiger partial charge in [0.25, 0.3) is 0 Å². The van der Waals surface area contributed by atoms with E-state index >= 15 is 0 Å². The van der Waals surface area contributed by atoms with Gasteiger partial charge in [-0.15, -0.1) is 0 Å². The van der Waals surface area contributed by atoms with Gasteiger partial charge in [-0.3, -0.25) is 9.59 Å². The van der Waals surface area contributed by atoms with Crippen molar-refractivity contribution in [3.8, 4) is 11.1 Å². The first-order chi connectivity index (χ1) is 16.8. The number of benzene rings is 2. The van der Waals surface area contributed by atoms with Crippen molar-refractivity contribution in [2.24, 2.45) is 5.92 Å². The largest absolute Gasteiger partial charge is 0.481 e. The number of carboxylic acid groups (broad SMARTS) is 1. The summed E-state index contributed by atoms with van der Waals surface area (Å²) >= 11 is 0. The van der Waals surface area contributed by atoms with Gasteiger partial charge in [0.05, 0.1) is 6.42 Å². The highest BCUT2D eigenvalue weighted by molar-refractivity contribution is 5.86. The third-order valence-electron chi connectivity index (χ3n) is 6.79. The summed E-state index contributed by atoms with van der Waals surface area (Å²) in [5.41, 5.74) is 4.13. The lowest BCUT2D eigenvalue weighted by molar-refractivity contribution is -0.138. The van der Waals surface area contributed by atoms with Crippen LogP contribution in [-0.4, -0.2) is 48.2 Å². The number of fused-ring (bicyclic) bond motifs is 3. The van der Waals surface area contributed by atoms with Crippen LogP contribution in [0, 0.1) is 5.92 Å². The molecule has 2 amide bonds. The number of hydrogen-bond donors (Lipinski definition) is 3. The van der Waals surface area contributed by atoms with E-state index in [1.807, 2.05) is 48.5 Å². The zero-order valence-corrected chi connectivity index (χ0v) is 19.1. The molecule has 1 saturated carbocycles. The summed E-state index contributed by atoms with van der Waals surface area (Å²) in [5.74, 6) is -2.21. The van der Waals surface area contributed by atoms with E-state index in [4.69, 9.17) is 9.84 Å². The molecule has 0 aromatic heterocycles. The molecule has 7 nitrogen and oxygen atoms in total. The summed E-state index contributed by atoms with van der Waals surface area (Å²) in [7, 11) is 0. The number of amides is 2. The number of ether oxygens (including phenoxy) is 1. The molecule has 9 heteroatoms. The first-order valence-electron chi connectivity index (χ1n) is 11.7. The molecule has 0 aliphatic heterocycles. The van der Waals surface area contributed by atoms with E-state index in [0.29, 0.717) is 12.8 Å². The Balaban J connectivity index is 1.38. The van der Waals surface area contributed by atoms with Gasteiger partial charge in [-0.1, -0.05) is 55.0 Å². The number of hydrogen-bond acceptors (Lipinski definition) is 4. The summed E-state index contributed by atoms with van der Waals surface area (Å²) < 4.78 is 31.7. The summed E-state index contributed by atoms with van der Waals surface area (Å²) in [5, 5.41) is 14.0. The molecule has 1 unspecified atom stereocenters. The van der Waals surface area contributed by atoms with Gasteiger partial charge in [0.2, 0.25) is 12.3 Å². The van der Waals surface area contributed by atoms with Gasteiger partial charge in [0.1, 0.15) is 12.6 Å². The Hall–Kier alpha value is -3.49. The van der Waals surface area contributed by atoms with Crippen molar-refractivity contribution in [3.05, 3.63) is 59.7 Å². The van der Waals surface area contributed by atoms with Crippen LogP contribution in [-0.2, 0) is 14.3 Å². The molecular weight excluding hydrogens is 458 g/mol. The van der Waals surface area contributed by atoms with Crippen LogP contribution in [0.15, 0.2) is 48.5 Å². The quantitative estimate of drug-likeness (QED) is 0.490. The molecule has 0 bridgehead atoms. The first-order valence-corrected chi connectivity index (χ1v) is 11.7. The number of alkyl halides is 2. The molecule has 0 heterocycles. The Bertz CT molecular complexity index is 1050. The molecular formula is C26H28F2N2O5. The molecule has 4 rings (SSSR count). The van der Waals surface area contributed by atoms with Crippen LogP contribution in [0.1, 0.15) is 49.1 Å². The zero-order valence-electron chi connectivity index (χ0n) is 19.1. The van der Waals surface area contributed by atoms with Crippen molar-refractivity contribution in [1.29, 1.82) is 0 Å². The molecule has 186 valence electrons. The van der Waals surface area contributed by atoms with Crippen molar-refractivity contribution in [2.75, 3.05) is 6.61 Å². The van der Waals surface area contributed by atoms with Crippen molar-refractivity contribution >= 4 is 18.0 Å². The van der Waals surface area contributed by atoms with Crippen LogP contribution in [0.25, 0.3) is 11.1 Å². The maximum atomic E-state index is 13.2. The maximum Gasteiger partial charge on any atom is 0.407 e. The number of carbonyl (C=O) groups excluding carboxylic acids is 2. The number of carboxylic acids is 1. The summed E-state index contributed by atoms with van der Waals surface area (Å²) in [6.45, 7) is -0.00775. The molecule has 2 aromatic rings. The number of rotatable bonds is 9. The van der Waals surface area contributed by atoms with Crippen LogP contribution >= 0.6 is 0 Å². The second-order valence-corrected chi connectivity index (χ2v) is 9.05. The molecule has 0 radical (unpaired) electrons. The predicted octanol–water partition coefficient (Wildman–Crippen LogP) is 4.31. The summed E-state index contributed by atoms with van der Waals surface area (Å²) in [6, 6.07) is 13.7. The Morgan fingerprint density at radius 3 is 2.23 bits per heavy atom. The number of alkyl carbamates (subject to hydrolysis) is 1. The van der Waals surface area contributed by atoms with E-state index in [-0.39, 0.29) is 24.9 Å². The predicted molar refractivity (Wildman–Crippen MR) is 124 cm³/mol. The fourth-order valence-corrected chi connectivity index (χ4v) is 5.17. The van der Waals surface area contributed by atoms with Gasteiger partial charge < -0.3 is 20.5 Å². The van der Waals surface area contributed by atoms with Crippen molar-refractivity contribution in [2.45, 2.75) is 56.5 Å². The zero-order chi connectivity index (χ0) is 24.9. The van der Waals surface area contributed by atoms with Gasteiger partial charge >= 0.3 is 12.1 Å². The minimum absolute atomic E-state index is 0.00775. The molecule has 3 atom stereocenters. The number of aliphatic carboxylic acids is 1. The molecule has 35 heavy (non-hydrogen) atoms. The molecule has 0 spiro atoms. The number of halogens is 2. The van der Waals surface area contributed by atoms with Crippen LogP contribution in [0.2, 0.25) is 0 Å². The summed E-state index contributed by atoms with van der Waals surface area (Å²) in [4.78, 5) is 36.3. The van der Waals surface area contributed by atoms with Crippen molar-refractivity contribution < 1.29 is 33.0 Å². The van der Waals surface area contributed by atoms with Crippen molar-refractivity contribution in [3.63, 3.8) is 0 Å². The van der Waals surface area contributed by atoms with Crippen molar-refractivity contribution in [1.82, 2.24) is 10.6 Å². The standard InChI is InChI=1S/C26H28F2N2O5/c27-23(28)13-22(25(33)29-21-11-5-6-15(21)12-24(31)32)30-26(34)35-14-20-18-9-3-1-7-16(18)17-8-2-4-10-19(17)20/h1-4,7-10,15,20-23H,5-6,11-14H2,(H,29,33)(H,30,34)(H,31,32)/t15-,21+,22?/m0/s1. The van der Waals surface area contributed by atoms with Crippen LogP contribution in [0.4, 0.5) is 13.6 Å². The third-order valence-corrected chi connectivity index (χ3v) is 6.79. The van der Waals surface area contributed by atoms with E-state index in [1.54, 1.807) is 0 Å². The van der Waals surface area contributed by atoms with Gasteiger partial charge in [0.15, 0.2) is 0 Å². The SMILES string of the molecule is O=C(O)C[C@@H]1CCC[C@H]1NC(=O)C(CC(F)F)NC(=O)OCC1c2ccccc2-c2ccccc21. The Labute approximate surface area is 201 Å². The molecule has 0 saturated heterocycles. The second-order valence-electron chi connectivity index (χ2n) is 9.05. The minimum atomic E-state index is -2.82. The lowest BCUT2D eigenvalue weighted by Crippen LogP contribution is -2.51. The highest BCUT2D eigenvalue weighted by Crippen LogP contribution is 2.44. The van der Waals surface area contributed by atoms with Gasteiger partial charge in [0, 0.05) is 18.4 Å². The molecule has 2 aliphatic rings. The Kier molecular flexibility index (Phi) is 7.63. The molecule has 2 aliphatic carbocycles. The topological polar surface area (TPSA) is 105 Å². The average Bonchev–Trinajstić information content (AvgIpc) is 3.38. The fraction of sp³-hybridized carbons (Fsp3) is 0.423. The number of carbonyl (C=O) groups is 3. The second kappa shape index (κ2) is 10.8. The third kappa shape index (κ3) is 5.78. The lowest BCUT2D eigenvalue weighted by atomic mass is 9.98. The van der Waals surface area contributed by atoms with Crippen LogP contribution in [0.5, 0.6) is 0 Å². The molecule has 3 N–H and O–H groups in total. The average molecular weight is 487 g/mol. The van der Waals surface area contributed by atoms with E-state index in [0.717, 1.165) is 28.7 Å². The Morgan fingerprint density at radius 2 is 1.63 bits per heavy atom. The maximum absolute atomic E-state index is 13.2. The van der Waals surface area contributed by atoms with E-state index in [1.165, 1.54) is 0 Å². The first kappa shape index (κ1) is 24.6. The normalized spacial score (nSPS) is 19.6. The van der Waals surface area contributed by atoms with Gasteiger partial charge in [-0.25, -0.2) is 13.6 Å². The van der Waals surface area contributed by atoms with Crippen LogP contribution < -0.4 is 10.6 Å². The molecule has 2 aromatic carbocycles. The lowest BCUT2D eigenvalue weighted by Gasteiger charge is -2.24. The molecule has 1 fully saturated rings. The monoisotopic (exact) mass is 486 g/mol. The fourth-order valence-electron chi connectivity index (χ4n) is 5.17. The minimum Gasteiger partial charge on any atom is -0.481 e. The smallest absolute Gasteiger partial charge is 0.407 e. The van der Waals surface area contributed by atoms with E-state index < -0.39 is 42.9 Å². The van der Waals surface area contributed by atoms with E-state index in [9.17, 15) is 23.2 Å². The van der Waals surface area contributed by atoms with Crippen LogP contribution in [0.3, 0.4) is 0 Å².